The molecule has 30 heavy (non-hydrogen) atoms. The Bertz CT molecular complexity index is 884. The average molecular weight is 414 g/mol. The SMILES string of the molecule is O[C@@H](COc1ccc2c(c1)OCO2)CN1CCN(Cc2ccc3c(c2)OCO3)CC1. The summed E-state index contributed by atoms with van der Waals surface area (Å²) < 4.78 is 27.2. The standard InChI is InChI=1S/C22H26N2O6/c25-17(13-26-18-2-4-20-22(10-18)30-15-28-20)12-24-7-5-23(6-8-24)11-16-1-3-19-21(9-16)29-14-27-19/h1-4,9-10,17,25H,5-8,11-15H2/t17-/m1/s1. The summed E-state index contributed by atoms with van der Waals surface area (Å²) in [6.45, 7) is 6.05. The van der Waals surface area contributed by atoms with E-state index in [2.05, 4.69) is 21.9 Å². The molecule has 1 atom stereocenters. The fourth-order valence-corrected chi connectivity index (χ4v) is 3.94. The molecule has 1 N–H and O–H groups in total. The van der Waals surface area contributed by atoms with Crippen molar-refractivity contribution in [1.29, 1.82) is 0 Å². The molecule has 1 fully saturated rings. The van der Waals surface area contributed by atoms with Crippen molar-refractivity contribution in [2.75, 3.05) is 52.9 Å². The fourth-order valence-electron chi connectivity index (χ4n) is 3.94. The van der Waals surface area contributed by atoms with Crippen molar-refractivity contribution in [3.8, 4) is 28.7 Å². The minimum Gasteiger partial charge on any atom is -0.491 e. The predicted octanol–water partition coefficient (Wildman–Crippen LogP) is 1.70. The molecule has 2 aromatic carbocycles. The van der Waals surface area contributed by atoms with Gasteiger partial charge in [-0.15, -0.1) is 0 Å². The molecular weight excluding hydrogens is 388 g/mol. The number of fused-ring (bicyclic) bond motifs is 2. The Balaban J connectivity index is 1.04. The molecule has 3 aliphatic heterocycles. The molecule has 0 spiro atoms. The first-order chi connectivity index (χ1) is 14.7. The predicted molar refractivity (Wildman–Crippen MR) is 108 cm³/mol. The summed E-state index contributed by atoms with van der Waals surface area (Å²) in [6.07, 6.45) is -0.546. The Morgan fingerprint density at radius 2 is 1.43 bits per heavy atom. The maximum absolute atomic E-state index is 10.4. The maximum atomic E-state index is 10.4. The molecule has 0 aromatic heterocycles. The first-order valence-corrected chi connectivity index (χ1v) is 10.3. The zero-order valence-electron chi connectivity index (χ0n) is 16.8. The van der Waals surface area contributed by atoms with Crippen LogP contribution in [0.3, 0.4) is 0 Å². The van der Waals surface area contributed by atoms with Gasteiger partial charge in [0, 0.05) is 45.3 Å². The summed E-state index contributed by atoms with van der Waals surface area (Å²) in [4.78, 5) is 4.70. The zero-order valence-corrected chi connectivity index (χ0v) is 16.8. The molecule has 8 heteroatoms. The molecule has 3 aliphatic rings. The summed E-state index contributed by atoms with van der Waals surface area (Å²) >= 11 is 0. The number of hydrogen-bond donors (Lipinski definition) is 1. The van der Waals surface area contributed by atoms with Gasteiger partial charge in [-0.1, -0.05) is 6.07 Å². The third kappa shape index (κ3) is 4.40. The highest BCUT2D eigenvalue weighted by molar-refractivity contribution is 5.47. The zero-order chi connectivity index (χ0) is 20.3. The molecular formula is C22H26N2O6. The number of ether oxygens (including phenoxy) is 5. The van der Waals surface area contributed by atoms with E-state index >= 15 is 0 Å². The molecule has 2 aromatic rings. The molecule has 8 nitrogen and oxygen atoms in total. The number of benzene rings is 2. The normalized spacial score (nSPS) is 19.1. The number of piperazine rings is 1. The molecule has 0 radical (unpaired) electrons. The summed E-state index contributed by atoms with van der Waals surface area (Å²) in [7, 11) is 0. The average Bonchev–Trinajstić information content (AvgIpc) is 3.42. The first kappa shape index (κ1) is 19.3. The van der Waals surface area contributed by atoms with Crippen molar-refractivity contribution in [3.63, 3.8) is 0 Å². The van der Waals surface area contributed by atoms with Crippen LogP contribution >= 0.6 is 0 Å². The highest BCUT2D eigenvalue weighted by Gasteiger charge is 2.21. The molecule has 0 unspecified atom stereocenters. The van der Waals surface area contributed by atoms with E-state index in [0.717, 1.165) is 50.0 Å². The second kappa shape index (κ2) is 8.59. The third-order valence-electron chi connectivity index (χ3n) is 5.56. The lowest BCUT2D eigenvalue weighted by Gasteiger charge is -2.35. The van der Waals surface area contributed by atoms with Gasteiger partial charge in [0.25, 0.3) is 0 Å². The van der Waals surface area contributed by atoms with Gasteiger partial charge in [0.1, 0.15) is 18.5 Å². The lowest BCUT2D eigenvalue weighted by molar-refractivity contribution is 0.0446. The highest BCUT2D eigenvalue weighted by atomic mass is 16.7. The van der Waals surface area contributed by atoms with Crippen molar-refractivity contribution in [2.24, 2.45) is 0 Å². The van der Waals surface area contributed by atoms with Gasteiger partial charge in [-0.25, -0.2) is 0 Å². The van der Waals surface area contributed by atoms with E-state index in [1.165, 1.54) is 5.56 Å². The first-order valence-electron chi connectivity index (χ1n) is 10.3. The van der Waals surface area contributed by atoms with E-state index < -0.39 is 6.10 Å². The van der Waals surface area contributed by atoms with Crippen LogP contribution in [0, 0.1) is 0 Å². The Hall–Kier alpha value is -2.68. The van der Waals surface area contributed by atoms with E-state index in [1.54, 1.807) is 6.07 Å². The molecule has 0 amide bonds. The van der Waals surface area contributed by atoms with Crippen molar-refractivity contribution in [1.82, 2.24) is 9.80 Å². The summed E-state index contributed by atoms with van der Waals surface area (Å²) in [5.74, 6) is 3.73. The minimum atomic E-state index is -0.546. The Morgan fingerprint density at radius 3 is 2.20 bits per heavy atom. The summed E-state index contributed by atoms with van der Waals surface area (Å²) in [5, 5.41) is 10.4. The molecule has 3 heterocycles. The van der Waals surface area contributed by atoms with Crippen molar-refractivity contribution in [3.05, 3.63) is 42.0 Å². The maximum Gasteiger partial charge on any atom is 0.231 e. The lowest BCUT2D eigenvalue weighted by atomic mass is 10.1. The van der Waals surface area contributed by atoms with Crippen LogP contribution in [0.25, 0.3) is 0 Å². The number of aliphatic hydroxyl groups excluding tert-OH is 1. The topological polar surface area (TPSA) is 72.9 Å². The van der Waals surface area contributed by atoms with Crippen molar-refractivity contribution >= 4 is 0 Å². The van der Waals surface area contributed by atoms with E-state index in [9.17, 15) is 5.11 Å². The van der Waals surface area contributed by atoms with Gasteiger partial charge in [-0.05, 0) is 29.8 Å². The van der Waals surface area contributed by atoms with Crippen LogP contribution in [0.2, 0.25) is 0 Å². The number of aliphatic hydroxyl groups is 1. The van der Waals surface area contributed by atoms with Gasteiger partial charge in [-0.2, -0.15) is 0 Å². The quantitative estimate of drug-likeness (QED) is 0.734. The van der Waals surface area contributed by atoms with Crippen LogP contribution < -0.4 is 23.7 Å². The molecule has 0 bridgehead atoms. The van der Waals surface area contributed by atoms with Crippen LogP contribution in [0.15, 0.2) is 36.4 Å². The van der Waals surface area contributed by atoms with E-state index in [1.807, 2.05) is 18.2 Å². The molecule has 160 valence electrons. The monoisotopic (exact) mass is 414 g/mol. The summed E-state index contributed by atoms with van der Waals surface area (Å²) in [6, 6.07) is 11.6. The van der Waals surface area contributed by atoms with Gasteiger partial charge >= 0.3 is 0 Å². The molecule has 5 rings (SSSR count). The minimum absolute atomic E-state index is 0.238. The smallest absolute Gasteiger partial charge is 0.231 e. The van der Waals surface area contributed by atoms with Gasteiger partial charge in [0.2, 0.25) is 13.6 Å². The van der Waals surface area contributed by atoms with Crippen molar-refractivity contribution < 1.29 is 28.8 Å². The van der Waals surface area contributed by atoms with Crippen LogP contribution in [0.1, 0.15) is 5.56 Å². The van der Waals surface area contributed by atoms with E-state index in [0.29, 0.717) is 24.8 Å². The van der Waals surface area contributed by atoms with Crippen LogP contribution in [0.5, 0.6) is 28.7 Å². The Labute approximate surface area is 175 Å². The third-order valence-corrected chi connectivity index (χ3v) is 5.56. The molecule has 0 aliphatic carbocycles. The van der Waals surface area contributed by atoms with Crippen LogP contribution in [-0.4, -0.2) is 73.9 Å². The van der Waals surface area contributed by atoms with Gasteiger partial charge in [0.15, 0.2) is 23.0 Å². The second-order valence-electron chi connectivity index (χ2n) is 7.74. The fraction of sp³-hybridized carbons (Fsp3) is 0.455. The van der Waals surface area contributed by atoms with Crippen LogP contribution in [-0.2, 0) is 6.54 Å². The van der Waals surface area contributed by atoms with Gasteiger partial charge in [-0.3, -0.25) is 9.80 Å². The Kier molecular flexibility index (Phi) is 5.52. The Morgan fingerprint density at radius 1 is 0.800 bits per heavy atom. The van der Waals surface area contributed by atoms with Gasteiger partial charge < -0.3 is 28.8 Å². The number of rotatable bonds is 7. The number of nitrogens with zero attached hydrogens (tertiary/aromatic N) is 2. The largest absolute Gasteiger partial charge is 0.491 e. The second-order valence-corrected chi connectivity index (χ2v) is 7.74. The van der Waals surface area contributed by atoms with E-state index in [4.69, 9.17) is 23.7 Å². The highest BCUT2D eigenvalue weighted by Crippen LogP contribution is 2.35. The molecule has 0 saturated carbocycles. The lowest BCUT2D eigenvalue weighted by Crippen LogP contribution is -2.48. The number of hydrogen-bond acceptors (Lipinski definition) is 8. The summed E-state index contributed by atoms with van der Waals surface area (Å²) in [5.41, 5.74) is 1.23. The molecule has 1 saturated heterocycles. The van der Waals surface area contributed by atoms with E-state index in [-0.39, 0.29) is 13.4 Å². The van der Waals surface area contributed by atoms with Gasteiger partial charge in [0.05, 0.1) is 0 Å². The van der Waals surface area contributed by atoms with Crippen molar-refractivity contribution in [2.45, 2.75) is 12.6 Å². The number of β-amino-alcohol motifs (C(OH)–C–C–N with tert-alkyl or cyclic N) is 1. The van der Waals surface area contributed by atoms with Crippen LogP contribution in [0.4, 0.5) is 0 Å².